The minimum atomic E-state index is -0.356. The lowest BCUT2D eigenvalue weighted by atomic mass is 10.4. The van der Waals surface area contributed by atoms with Crippen molar-refractivity contribution in [1.82, 2.24) is 10.3 Å². The number of nitrogens with zero attached hydrogens (tertiary/aromatic N) is 1. The first-order chi connectivity index (χ1) is 7.72. The third kappa shape index (κ3) is 2.07. The third-order valence-corrected chi connectivity index (χ3v) is 3.64. The van der Waals surface area contributed by atoms with Gasteiger partial charge in [0, 0.05) is 13.1 Å². The summed E-state index contributed by atoms with van der Waals surface area (Å²) < 4.78 is 0. The van der Waals surface area contributed by atoms with Gasteiger partial charge in [-0.3, -0.25) is 15.0 Å². The van der Waals surface area contributed by atoms with Crippen LogP contribution in [-0.4, -0.2) is 29.8 Å². The number of carbonyl (C=O) groups is 2. The standard InChI is InChI=1S/C10H13N3O2S/c11-12-9(14)7-3-4-8(16-7)10(15)13-5-1-2-6-13/h3-4H,1-2,5-6,11H2,(H,12,14). The predicted molar refractivity (Wildman–Crippen MR) is 61.1 cm³/mol. The first kappa shape index (κ1) is 11.1. The van der Waals surface area contributed by atoms with Crippen LogP contribution in [0.25, 0.3) is 0 Å². The maximum atomic E-state index is 11.9. The van der Waals surface area contributed by atoms with E-state index in [0.29, 0.717) is 9.75 Å². The molecule has 2 heterocycles. The molecule has 0 saturated carbocycles. The molecule has 1 saturated heterocycles. The number of thiophene rings is 1. The summed E-state index contributed by atoms with van der Waals surface area (Å²) in [6.07, 6.45) is 2.13. The summed E-state index contributed by atoms with van der Waals surface area (Å²) in [5, 5.41) is 0. The van der Waals surface area contributed by atoms with E-state index in [9.17, 15) is 9.59 Å². The molecule has 0 spiro atoms. The van der Waals surface area contributed by atoms with E-state index < -0.39 is 0 Å². The molecule has 2 amide bonds. The minimum Gasteiger partial charge on any atom is -0.338 e. The number of rotatable bonds is 2. The molecule has 0 bridgehead atoms. The molecule has 6 heteroatoms. The number of hydrogen-bond acceptors (Lipinski definition) is 4. The SMILES string of the molecule is NNC(=O)c1ccc(C(=O)N2CCCC2)s1. The van der Waals surface area contributed by atoms with E-state index in [4.69, 9.17) is 5.84 Å². The summed E-state index contributed by atoms with van der Waals surface area (Å²) in [5.41, 5.74) is 2.05. The normalized spacial score (nSPS) is 15.2. The molecule has 1 aliphatic heterocycles. The summed E-state index contributed by atoms with van der Waals surface area (Å²) in [6, 6.07) is 3.30. The van der Waals surface area contributed by atoms with Gasteiger partial charge in [0.2, 0.25) is 0 Å². The van der Waals surface area contributed by atoms with Crippen molar-refractivity contribution in [2.24, 2.45) is 5.84 Å². The maximum absolute atomic E-state index is 11.9. The van der Waals surface area contributed by atoms with Gasteiger partial charge >= 0.3 is 0 Å². The van der Waals surface area contributed by atoms with Crippen LogP contribution in [-0.2, 0) is 0 Å². The molecule has 0 atom stereocenters. The monoisotopic (exact) mass is 239 g/mol. The molecule has 16 heavy (non-hydrogen) atoms. The highest BCUT2D eigenvalue weighted by Crippen LogP contribution is 2.20. The van der Waals surface area contributed by atoms with E-state index >= 15 is 0 Å². The second-order valence-corrected chi connectivity index (χ2v) is 4.72. The van der Waals surface area contributed by atoms with Crippen LogP contribution in [0.3, 0.4) is 0 Å². The van der Waals surface area contributed by atoms with Gasteiger partial charge in [0.15, 0.2) is 0 Å². The largest absolute Gasteiger partial charge is 0.338 e. The molecular weight excluding hydrogens is 226 g/mol. The Morgan fingerprint density at radius 1 is 1.25 bits per heavy atom. The van der Waals surface area contributed by atoms with Crippen LogP contribution in [0.2, 0.25) is 0 Å². The molecule has 0 radical (unpaired) electrons. The van der Waals surface area contributed by atoms with Gasteiger partial charge < -0.3 is 4.90 Å². The van der Waals surface area contributed by atoms with Gasteiger partial charge in [-0.15, -0.1) is 11.3 Å². The zero-order valence-electron chi connectivity index (χ0n) is 8.73. The Labute approximate surface area is 97.2 Å². The average molecular weight is 239 g/mol. The summed E-state index contributed by atoms with van der Waals surface area (Å²) in [5.74, 6) is 4.68. The lowest BCUT2D eigenvalue weighted by molar-refractivity contribution is 0.0797. The molecule has 1 fully saturated rings. The fourth-order valence-electron chi connectivity index (χ4n) is 1.72. The van der Waals surface area contributed by atoms with Gasteiger partial charge in [-0.1, -0.05) is 0 Å². The van der Waals surface area contributed by atoms with E-state index in [2.05, 4.69) is 0 Å². The van der Waals surface area contributed by atoms with Crippen LogP contribution >= 0.6 is 11.3 Å². The van der Waals surface area contributed by atoms with E-state index in [-0.39, 0.29) is 11.8 Å². The van der Waals surface area contributed by atoms with Gasteiger partial charge in [-0.25, -0.2) is 5.84 Å². The van der Waals surface area contributed by atoms with Crippen LogP contribution < -0.4 is 11.3 Å². The highest BCUT2D eigenvalue weighted by molar-refractivity contribution is 7.15. The van der Waals surface area contributed by atoms with E-state index in [0.717, 1.165) is 25.9 Å². The molecule has 1 aromatic rings. The number of hydrazine groups is 1. The molecule has 1 aromatic heterocycles. The zero-order valence-corrected chi connectivity index (χ0v) is 9.55. The van der Waals surface area contributed by atoms with Crippen molar-refractivity contribution in [3.05, 3.63) is 21.9 Å². The minimum absolute atomic E-state index is 0.0126. The average Bonchev–Trinajstić information content (AvgIpc) is 2.97. The van der Waals surface area contributed by atoms with Gasteiger partial charge in [0.05, 0.1) is 9.75 Å². The van der Waals surface area contributed by atoms with Gasteiger partial charge in [-0.05, 0) is 25.0 Å². The van der Waals surface area contributed by atoms with Crippen LogP contribution in [0.15, 0.2) is 12.1 Å². The second-order valence-electron chi connectivity index (χ2n) is 3.64. The Morgan fingerprint density at radius 3 is 2.50 bits per heavy atom. The number of nitrogen functional groups attached to an aromatic ring is 1. The fraction of sp³-hybridized carbons (Fsp3) is 0.400. The molecular formula is C10H13N3O2S. The smallest absolute Gasteiger partial charge is 0.275 e. The fourth-order valence-corrected chi connectivity index (χ4v) is 2.60. The van der Waals surface area contributed by atoms with Crippen LogP contribution in [0.1, 0.15) is 32.2 Å². The molecule has 1 aliphatic rings. The molecule has 5 nitrogen and oxygen atoms in total. The molecule has 3 N–H and O–H groups in total. The van der Waals surface area contributed by atoms with Crippen LogP contribution in [0.4, 0.5) is 0 Å². The van der Waals surface area contributed by atoms with Crippen molar-refractivity contribution in [3.8, 4) is 0 Å². The number of nitrogens with one attached hydrogen (secondary N) is 1. The Bertz CT molecular complexity index is 410. The first-order valence-corrected chi connectivity index (χ1v) is 5.94. The summed E-state index contributed by atoms with van der Waals surface area (Å²) in [4.78, 5) is 26.0. The lowest BCUT2D eigenvalue weighted by Crippen LogP contribution is -2.29. The predicted octanol–water partition coefficient (Wildman–Crippen LogP) is 0.588. The van der Waals surface area contributed by atoms with Crippen molar-refractivity contribution in [3.63, 3.8) is 0 Å². The zero-order chi connectivity index (χ0) is 11.5. The van der Waals surface area contributed by atoms with Crippen molar-refractivity contribution in [2.45, 2.75) is 12.8 Å². The Balaban J connectivity index is 2.11. The molecule has 2 rings (SSSR count). The van der Waals surface area contributed by atoms with E-state index in [1.807, 2.05) is 10.3 Å². The topological polar surface area (TPSA) is 75.4 Å². The maximum Gasteiger partial charge on any atom is 0.275 e. The van der Waals surface area contributed by atoms with E-state index in [1.165, 1.54) is 11.3 Å². The van der Waals surface area contributed by atoms with Gasteiger partial charge in [0.25, 0.3) is 11.8 Å². The quantitative estimate of drug-likeness (QED) is 0.450. The molecule has 0 aromatic carbocycles. The molecule has 0 unspecified atom stereocenters. The molecule has 86 valence electrons. The van der Waals surface area contributed by atoms with Crippen LogP contribution in [0.5, 0.6) is 0 Å². The first-order valence-electron chi connectivity index (χ1n) is 5.12. The number of nitrogens with two attached hydrogens (primary N) is 1. The summed E-state index contributed by atoms with van der Waals surface area (Å²) >= 11 is 1.18. The molecule has 0 aliphatic carbocycles. The Kier molecular flexibility index (Phi) is 3.21. The Morgan fingerprint density at radius 2 is 1.88 bits per heavy atom. The number of amides is 2. The number of carbonyl (C=O) groups excluding carboxylic acids is 2. The highest BCUT2D eigenvalue weighted by Gasteiger charge is 2.21. The summed E-state index contributed by atoms with van der Waals surface area (Å²) in [7, 11) is 0. The van der Waals surface area contributed by atoms with Crippen LogP contribution in [0, 0.1) is 0 Å². The van der Waals surface area contributed by atoms with E-state index in [1.54, 1.807) is 12.1 Å². The number of hydrogen-bond donors (Lipinski definition) is 2. The highest BCUT2D eigenvalue weighted by atomic mass is 32.1. The van der Waals surface area contributed by atoms with Crippen molar-refractivity contribution < 1.29 is 9.59 Å². The van der Waals surface area contributed by atoms with Crippen molar-refractivity contribution in [1.29, 1.82) is 0 Å². The second kappa shape index (κ2) is 4.63. The summed E-state index contributed by atoms with van der Waals surface area (Å²) in [6.45, 7) is 1.63. The third-order valence-electron chi connectivity index (χ3n) is 2.56. The number of likely N-dealkylation sites (tertiary alicyclic amines) is 1. The van der Waals surface area contributed by atoms with Gasteiger partial charge in [0.1, 0.15) is 0 Å². The van der Waals surface area contributed by atoms with Gasteiger partial charge in [-0.2, -0.15) is 0 Å². The lowest BCUT2D eigenvalue weighted by Gasteiger charge is -2.13. The Hall–Kier alpha value is -1.40. The van der Waals surface area contributed by atoms with Crippen molar-refractivity contribution in [2.75, 3.05) is 13.1 Å². The van der Waals surface area contributed by atoms with Crippen molar-refractivity contribution >= 4 is 23.2 Å².